The second-order valence-corrected chi connectivity index (χ2v) is 5.03. The Labute approximate surface area is 126 Å². The van der Waals surface area contributed by atoms with Gasteiger partial charge in [-0.15, -0.1) is 6.58 Å². The molecule has 4 nitrogen and oxygen atoms in total. The second kappa shape index (κ2) is 7.98. The summed E-state index contributed by atoms with van der Waals surface area (Å²) in [6.07, 6.45) is 1.85. The molecule has 0 aliphatic rings. The van der Waals surface area contributed by atoms with E-state index < -0.39 is 0 Å². The number of para-hydroxylation sites is 1. The van der Waals surface area contributed by atoms with Gasteiger partial charge in [0.15, 0.2) is 0 Å². The van der Waals surface area contributed by atoms with Gasteiger partial charge in [-0.25, -0.2) is 0 Å². The molecule has 114 valence electrons. The van der Waals surface area contributed by atoms with Gasteiger partial charge in [0.25, 0.3) is 0 Å². The molecule has 0 aliphatic carbocycles. The highest BCUT2D eigenvalue weighted by Gasteiger charge is 2.15. The largest absolute Gasteiger partial charge is 0.459 e. The Morgan fingerprint density at radius 2 is 2.19 bits per heavy atom. The Morgan fingerprint density at radius 1 is 1.38 bits per heavy atom. The van der Waals surface area contributed by atoms with Gasteiger partial charge in [0.05, 0.1) is 13.2 Å². The number of hydrogen-bond acceptors (Lipinski definition) is 4. The summed E-state index contributed by atoms with van der Waals surface area (Å²) in [4.78, 5) is 2.13. The zero-order valence-corrected chi connectivity index (χ0v) is 12.6. The molecule has 0 radical (unpaired) electrons. The molecule has 0 unspecified atom stereocenters. The molecule has 0 atom stereocenters. The van der Waals surface area contributed by atoms with E-state index in [2.05, 4.69) is 29.8 Å². The quantitative estimate of drug-likeness (QED) is 0.696. The Morgan fingerprint density at radius 3 is 2.90 bits per heavy atom. The third-order valence-electron chi connectivity index (χ3n) is 3.50. The van der Waals surface area contributed by atoms with Gasteiger partial charge >= 0.3 is 0 Å². The third-order valence-corrected chi connectivity index (χ3v) is 3.50. The standard InChI is InChI=1S/C17H24N2O2/c1-3-9-19(10-11-20)13-17-15(12-18-4-2)14-7-5-6-8-16(14)21-17/h3,5-8,18,20H,1,4,9-13H2,2H3. The lowest BCUT2D eigenvalue weighted by Crippen LogP contribution is -2.27. The minimum absolute atomic E-state index is 0.136. The molecule has 0 saturated heterocycles. The van der Waals surface area contributed by atoms with Crippen LogP contribution in [0.25, 0.3) is 11.0 Å². The van der Waals surface area contributed by atoms with Crippen molar-refractivity contribution in [1.82, 2.24) is 10.2 Å². The number of nitrogens with zero attached hydrogens (tertiary/aromatic N) is 1. The van der Waals surface area contributed by atoms with Crippen LogP contribution in [0, 0.1) is 0 Å². The molecule has 2 aromatic rings. The Hall–Kier alpha value is -1.62. The molecule has 0 spiro atoms. The summed E-state index contributed by atoms with van der Waals surface area (Å²) in [6.45, 7) is 9.75. The molecule has 1 aromatic carbocycles. The van der Waals surface area contributed by atoms with E-state index in [9.17, 15) is 5.11 Å². The molecule has 0 aliphatic heterocycles. The molecule has 21 heavy (non-hydrogen) atoms. The number of benzene rings is 1. The maximum absolute atomic E-state index is 9.17. The fourth-order valence-electron chi connectivity index (χ4n) is 2.48. The molecule has 1 heterocycles. The van der Waals surface area contributed by atoms with Crippen LogP contribution in [0.1, 0.15) is 18.2 Å². The lowest BCUT2D eigenvalue weighted by Gasteiger charge is -2.18. The van der Waals surface area contributed by atoms with Crippen LogP contribution in [0.15, 0.2) is 41.3 Å². The van der Waals surface area contributed by atoms with Crippen LogP contribution in [0.2, 0.25) is 0 Å². The molecule has 1 aromatic heterocycles. The first-order valence-corrected chi connectivity index (χ1v) is 7.44. The lowest BCUT2D eigenvalue weighted by molar-refractivity contribution is 0.194. The second-order valence-electron chi connectivity index (χ2n) is 5.03. The van der Waals surface area contributed by atoms with E-state index in [0.717, 1.165) is 36.4 Å². The predicted molar refractivity (Wildman–Crippen MR) is 86.2 cm³/mol. The SMILES string of the molecule is C=CCN(CCO)Cc1oc2ccccc2c1CNCC. The van der Waals surface area contributed by atoms with Crippen molar-refractivity contribution >= 4 is 11.0 Å². The van der Waals surface area contributed by atoms with Crippen molar-refractivity contribution < 1.29 is 9.52 Å². The number of furan rings is 1. The highest BCUT2D eigenvalue weighted by atomic mass is 16.3. The number of fused-ring (bicyclic) bond motifs is 1. The number of aliphatic hydroxyl groups is 1. The minimum Gasteiger partial charge on any atom is -0.459 e. The molecule has 0 bridgehead atoms. The molecule has 0 fully saturated rings. The van der Waals surface area contributed by atoms with Crippen molar-refractivity contribution in [2.45, 2.75) is 20.0 Å². The summed E-state index contributed by atoms with van der Waals surface area (Å²) in [6, 6.07) is 8.12. The normalized spacial score (nSPS) is 11.4. The van der Waals surface area contributed by atoms with Crippen LogP contribution in [-0.2, 0) is 13.1 Å². The van der Waals surface area contributed by atoms with E-state index in [-0.39, 0.29) is 6.61 Å². The number of aliphatic hydroxyl groups excluding tert-OH is 1. The third kappa shape index (κ3) is 3.94. The van der Waals surface area contributed by atoms with Gasteiger partial charge in [-0.2, -0.15) is 0 Å². The van der Waals surface area contributed by atoms with Gasteiger partial charge in [0.2, 0.25) is 0 Å². The highest BCUT2D eigenvalue weighted by molar-refractivity contribution is 5.82. The molecular weight excluding hydrogens is 264 g/mol. The average molecular weight is 288 g/mol. The summed E-state index contributed by atoms with van der Waals surface area (Å²) >= 11 is 0. The topological polar surface area (TPSA) is 48.6 Å². The van der Waals surface area contributed by atoms with Crippen LogP contribution in [-0.4, -0.2) is 36.2 Å². The summed E-state index contributed by atoms with van der Waals surface area (Å²) in [5, 5.41) is 13.7. The van der Waals surface area contributed by atoms with E-state index in [1.807, 2.05) is 24.3 Å². The summed E-state index contributed by atoms with van der Waals surface area (Å²) in [7, 11) is 0. The van der Waals surface area contributed by atoms with E-state index in [0.29, 0.717) is 13.1 Å². The Bertz CT molecular complexity index is 577. The predicted octanol–water partition coefficient (Wildman–Crippen LogP) is 2.52. The molecule has 2 N–H and O–H groups in total. The number of nitrogens with one attached hydrogen (secondary N) is 1. The first kappa shape index (κ1) is 15.8. The maximum Gasteiger partial charge on any atom is 0.134 e. The van der Waals surface area contributed by atoms with Crippen molar-refractivity contribution in [3.8, 4) is 0 Å². The van der Waals surface area contributed by atoms with Crippen LogP contribution in [0.5, 0.6) is 0 Å². The van der Waals surface area contributed by atoms with Gasteiger partial charge < -0.3 is 14.8 Å². The van der Waals surface area contributed by atoms with Gasteiger partial charge in [0.1, 0.15) is 11.3 Å². The van der Waals surface area contributed by atoms with Crippen LogP contribution in [0.3, 0.4) is 0 Å². The minimum atomic E-state index is 0.136. The van der Waals surface area contributed by atoms with Crippen molar-refractivity contribution in [3.63, 3.8) is 0 Å². The van der Waals surface area contributed by atoms with Crippen molar-refractivity contribution in [1.29, 1.82) is 0 Å². The summed E-state index contributed by atoms with van der Waals surface area (Å²) < 4.78 is 6.02. The number of hydrogen-bond donors (Lipinski definition) is 2. The van der Waals surface area contributed by atoms with Crippen molar-refractivity contribution in [2.75, 3.05) is 26.2 Å². The lowest BCUT2D eigenvalue weighted by atomic mass is 10.1. The van der Waals surface area contributed by atoms with E-state index >= 15 is 0 Å². The molecule has 4 heteroatoms. The van der Waals surface area contributed by atoms with Gasteiger partial charge in [-0.1, -0.05) is 31.2 Å². The highest BCUT2D eigenvalue weighted by Crippen LogP contribution is 2.26. The van der Waals surface area contributed by atoms with E-state index in [1.165, 1.54) is 5.56 Å². The smallest absolute Gasteiger partial charge is 0.134 e. The summed E-state index contributed by atoms with van der Waals surface area (Å²) in [5.74, 6) is 0.965. The van der Waals surface area contributed by atoms with Crippen LogP contribution < -0.4 is 5.32 Å². The zero-order valence-electron chi connectivity index (χ0n) is 12.6. The summed E-state index contributed by atoms with van der Waals surface area (Å²) in [5.41, 5.74) is 2.13. The monoisotopic (exact) mass is 288 g/mol. The van der Waals surface area contributed by atoms with Gasteiger partial charge in [-0.3, -0.25) is 4.90 Å². The Balaban J connectivity index is 2.29. The average Bonchev–Trinajstić information content (AvgIpc) is 2.83. The van der Waals surface area contributed by atoms with Crippen LogP contribution in [0.4, 0.5) is 0 Å². The first-order chi connectivity index (χ1) is 10.3. The van der Waals surface area contributed by atoms with Crippen LogP contribution >= 0.6 is 0 Å². The molecule has 0 amide bonds. The molecule has 0 saturated carbocycles. The van der Waals surface area contributed by atoms with E-state index in [4.69, 9.17) is 4.42 Å². The maximum atomic E-state index is 9.17. The first-order valence-electron chi connectivity index (χ1n) is 7.44. The van der Waals surface area contributed by atoms with Crippen molar-refractivity contribution in [3.05, 3.63) is 48.2 Å². The van der Waals surface area contributed by atoms with E-state index in [1.54, 1.807) is 0 Å². The van der Waals surface area contributed by atoms with Gasteiger partial charge in [-0.05, 0) is 12.6 Å². The van der Waals surface area contributed by atoms with Gasteiger partial charge in [0, 0.05) is 30.6 Å². The van der Waals surface area contributed by atoms with Crippen molar-refractivity contribution in [2.24, 2.45) is 0 Å². The fourth-order valence-corrected chi connectivity index (χ4v) is 2.48. The zero-order chi connectivity index (χ0) is 15.1. The Kier molecular flexibility index (Phi) is 5.99. The molecule has 2 rings (SSSR count). The number of rotatable bonds is 9. The molecular formula is C17H24N2O2. The fraction of sp³-hybridized carbons (Fsp3) is 0.412.